The van der Waals surface area contributed by atoms with Crippen molar-refractivity contribution in [2.75, 3.05) is 58.1 Å². The molecule has 6 unspecified atom stereocenters. The molecule has 19 nitrogen and oxygen atoms in total. The van der Waals surface area contributed by atoms with Crippen molar-refractivity contribution in [2.24, 2.45) is 10.8 Å². The number of aromatic nitrogens is 3. The summed E-state index contributed by atoms with van der Waals surface area (Å²) in [4.78, 5) is 61.9. The number of carbonyl (C=O) groups excluding carboxylic acids is 3. The van der Waals surface area contributed by atoms with E-state index in [0.717, 1.165) is 64.2 Å². The van der Waals surface area contributed by atoms with Crippen LogP contribution in [0.5, 0.6) is 0 Å². The number of fused-ring (bicyclic) bond motifs is 2. The fourth-order valence-electron chi connectivity index (χ4n) is 10.5. The summed E-state index contributed by atoms with van der Waals surface area (Å²) in [6, 6.07) is 7.57. The summed E-state index contributed by atoms with van der Waals surface area (Å²) >= 11 is 0. The van der Waals surface area contributed by atoms with Crippen LogP contribution in [0.2, 0.25) is 0 Å². The van der Waals surface area contributed by atoms with E-state index in [9.17, 15) is 55.7 Å². The Kier molecular flexibility index (Phi) is 18.4. The molecule has 4 fully saturated rings. The van der Waals surface area contributed by atoms with Crippen LogP contribution in [-0.4, -0.2) is 167 Å². The van der Waals surface area contributed by atoms with E-state index in [-0.39, 0.29) is 17.3 Å². The maximum Gasteiger partial charge on any atom is 0.407 e. The van der Waals surface area contributed by atoms with Gasteiger partial charge in [-0.15, -0.1) is 0 Å². The topological polar surface area (TPSA) is 225 Å². The number of carboxylic acid groups (broad SMARTS) is 1. The fourth-order valence-corrected chi connectivity index (χ4v) is 10.5. The second-order valence-electron chi connectivity index (χ2n) is 22.0. The molecular weight excluding hydrogens is 1100 g/mol. The predicted molar refractivity (Wildman–Crippen MR) is 278 cm³/mol. The highest BCUT2D eigenvalue weighted by Gasteiger charge is 2.57. The van der Waals surface area contributed by atoms with Crippen molar-refractivity contribution in [3.8, 4) is 23.1 Å². The minimum absolute atomic E-state index is 0.0426. The molecule has 2 aromatic heterocycles. The number of carbonyl (C=O) groups is 4. The number of piperazine rings is 1. The van der Waals surface area contributed by atoms with Crippen LogP contribution in [0.15, 0.2) is 67.0 Å². The van der Waals surface area contributed by atoms with Gasteiger partial charge >= 0.3 is 24.5 Å². The van der Waals surface area contributed by atoms with Gasteiger partial charge < -0.3 is 45.3 Å². The lowest BCUT2D eigenvalue weighted by atomic mass is 9.82. The molecule has 0 saturated carbocycles. The van der Waals surface area contributed by atoms with Crippen LogP contribution in [-0.2, 0) is 36.8 Å². The minimum Gasteiger partial charge on any atom is -0.465 e. The first-order valence-electron chi connectivity index (χ1n) is 26.4. The fraction of sp³-hybridized carbons (Fsp3) is 0.527. The van der Waals surface area contributed by atoms with E-state index < -0.39 is 108 Å². The Hall–Kier alpha value is -7.12. The van der Waals surface area contributed by atoms with Gasteiger partial charge in [-0.1, -0.05) is 24.0 Å². The number of halogens is 8. The van der Waals surface area contributed by atoms with Gasteiger partial charge in [-0.05, 0) is 101 Å². The number of nitrogens with one attached hydrogen (secondary N) is 4. The van der Waals surface area contributed by atoms with Gasteiger partial charge in [0.15, 0.2) is 0 Å². The van der Waals surface area contributed by atoms with Crippen LogP contribution < -0.4 is 26.3 Å². The lowest BCUT2D eigenvalue weighted by Crippen LogP contribution is -2.63. The Morgan fingerprint density at radius 3 is 1.91 bits per heavy atom. The molecule has 6 heterocycles. The molecule has 2 bridgehead atoms. The number of rotatable bonds is 19. The summed E-state index contributed by atoms with van der Waals surface area (Å²) in [5.74, 6) is 1.17. The van der Waals surface area contributed by atoms with Crippen LogP contribution >= 0.6 is 0 Å². The average molecular weight is 1160 g/mol. The Morgan fingerprint density at radius 2 is 1.38 bits per heavy atom. The van der Waals surface area contributed by atoms with Gasteiger partial charge in [0.1, 0.15) is 29.5 Å². The summed E-state index contributed by atoms with van der Waals surface area (Å²) in [5, 5.41) is 32.4. The van der Waals surface area contributed by atoms with E-state index in [0.29, 0.717) is 87.2 Å². The number of hydrogen-bond acceptors (Lipinski definition) is 13. The number of alkyl halides is 6. The molecule has 27 heteroatoms. The molecule has 4 aliphatic heterocycles. The SMILES string of the molecule is COC(=O)NC(C(=O)NC(Cc1ccc(C#Cc2ccc(N3CC4CCC(C3)N4C3COC3)nc2)cc1)C(O)CN(Cc1c(F)cc(-c2ccn([C@H]3CCOC3)n2)cc1F)NC(=O)C(NC(=O)O)C(C)(C)C(F)(F)F)C(C)(C)C(F)(F)F. The number of hydrazine groups is 1. The van der Waals surface area contributed by atoms with Gasteiger partial charge in [0, 0.05) is 79.5 Å². The number of benzene rings is 2. The molecule has 0 aliphatic carbocycles. The van der Waals surface area contributed by atoms with Gasteiger partial charge in [0.05, 0.1) is 67.7 Å². The molecule has 444 valence electrons. The highest BCUT2D eigenvalue weighted by molar-refractivity contribution is 5.87. The zero-order valence-corrected chi connectivity index (χ0v) is 45.4. The first-order valence-corrected chi connectivity index (χ1v) is 26.4. The largest absolute Gasteiger partial charge is 0.465 e. The van der Waals surface area contributed by atoms with Crippen molar-refractivity contribution >= 4 is 29.8 Å². The third-order valence-corrected chi connectivity index (χ3v) is 15.7. The zero-order chi connectivity index (χ0) is 59.5. The lowest BCUT2D eigenvalue weighted by Gasteiger charge is -2.47. The third kappa shape index (κ3) is 13.9. The van der Waals surface area contributed by atoms with Crippen molar-refractivity contribution < 1.29 is 78.7 Å². The summed E-state index contributed by atoms with van der Waals surface area (Å²) in [5.41, 5.74) is -3.45. The maximum absolute atomic E-state index is 16.3. The monoisotopic (exact) mass is 1160 g/mol. The van der Waals surface area contributed by atoms with E-state index in [1.807, 2.05) is 22.9 Å². The second kappa shape index (κ2) is 24.8. The molecule has 82 heavy (non-hydrogen) atoms. The Labute approximate surface area is 467 Å². The number of ether oxygens (including phenoxy) is 3. The number of aliphatic hydroxyl groups is 1. The number of amides is 4. The van der Waals surface area contributed by atoms with E-state index >= 15 is 8.78 Å². The van der Waals surface area contributed by atoms with E-state index in [1.165, 1.54) is 23.5 Å². The second-order valence-corrected chi connectivity index (χ2v) is 22.0. The van der Waals surface area contributed by atoms with Crippen molar-refractivity contribution in [3.63, 3.8) is 0 Å². The highest BCUT2D eigenvalue weighted by atomic mass is 19.4. The van der Waals surface area contributed by atoms with Crippen molar-refractivity contribution in [1.82, 2.24) is 46.0 Å². The number of hydrogen-bond donors (Lipinski definition) is 6. The number of pyridine rings is 1. The number of anilines is 1. The summed E-state index contributed by atoms with van der Waals surface area (Å²) < 4.78 is 137. The average Bonchev–Trinajstić information content (AvgIpc) is 4.19. The first-order chi connectivity index (χ1) is 38.6. The highest BCUT2D eigenvalue weighted by Crippen LogP contribution is 2.42. The Balaban J connectivity index is 1.07. The van der Waals surface area contributed by atoms with Crippen molar-refractivity contribution in [1.29, 1.82) is 0 Å². The smallest absolute Gasteiger partial charge is 0.407 e. The summed E-state index contributed by atoms with van der Waals surface area (Å²) in [6.07, 6.45) is -10.3. The molecule has 4 saturated heterocycles. The molecule has 0 spiro atoms. The Morgan fingerprint density at radius 1 is 0.780 bits per heavy atom. The number of aliphatic hydroxyl groups excluding tert-OH is 1. The normalized spacial score (nSPS) is 20.2. The van der Waals surface area contributed by atoms with Crippen LogP contribution in [0.25, 0.3) is 11.3 Å². The van der Waals surface area contributed by atoms with Gasteiger partial charge in [0.25, 0.3) is 5.91 Å². The number of methoxy groups -OCH3 is 1. The molecule has 6 N–H and O–H groups in total. The molecule has 4 amide bonds. The number of nitrogens with zero attached hydrogens (tertiary/aromatic N) is 6. The van der Waals surface area contributed by atoms with E-state index in [4.69, 9.17) is 9.47 Å². The minimum atomic E-state index is -5.24. The van der Waals surface area contributed by atoms with Crippen LogP contribution in [0.1, 0.15) is 75.3 Å². The quantitative estimate of drug-likeness (QED) is 0.0355. The van der Waals surface area contributed by atoms with E-state index in [1.54, 1.807) is 29.2 Å². The van der Waals surface area contributed by atoms with Crippen molar-refractivity contribution in [3.05, 3.63) is 101 Å². The van der Waals surface area contributed by atoms with Crippen LogP contribution in [0, 0.1) is 34.3 Å². The Bertz CT molecular complexity index is 2960. The number of alkyl carbamates (subject to hydrolysis) is 1. The zero-order valence-electron chi connectivity index (χ0n) is 45.4. The molecule has 8 rings (SSSR count). The standard InChI is InChI=1S/C55H64F8N10O9/c1-52(2,54(58,59)60)46(67-51(79)80-5)48(75)65-43(20-32-9-6-31(7-10-32)8-11-33-12-15-45(64-23-33)70-24-35-13-14-36(25-70)73(35)38-29-82-30-38)44(74)27-71(69-49(76)47(66-50(77)78)53(3,4)55(61,62)63)26-39-40(56)21-34(22-41(39)57)42-16-18-72(68-42)37-17-19-81-28-37/h6-7,9-10,12,15-16,18,21-23,35-38,43-44,46-47,66,74H,13-14,17,19-20,24-30H2,1-5H3,(H,65,75)(H,67,79)(H,69,76)(H,77,78)/t35?,36?,37-,43?,44?,46?,47?/m0/s1. The van der Waals surface area contributed by atoms with Gasteiger partial charge in [0.2, 0.25) is 5.91 Å². The summed E-state index contributed by atoms with van der Waals surface area (Å²) in [7, 11) is 0.839. The molecule has 2 aromatic carbocycles. The predicted octanol–water partition coefficient (Wildman–Crippen LogP) is 6.10. The van der Waals surface area contributed by atoms with Gasteiger partial charge in [-0.2, -0.15) is 31.4 Å². The lowest BCUT2D eigenvalue weighted by molar-refractivity contribution is -0.221. The molecule has 0 radical (unpaired) electrons. The molecule has 4 aromatic rings. The first kappa shape index (κ1) is 61.0. The maximum atomic E-state index is 16.3. The van der Waals surface area contributed by atoms with Gasteiger partial charge in [-0.3, -0.25) is 24.6 Å². The van der Waals surface area contributed by atoms with Gasteiger partial charge in [-0.25, -0.2) is 28.4 Å². The molecular formula is C55H64F8N10O9. The molecule has 7 atom stereocenters. The molecule has 4 aliphatic rings. The van der Waals surface area contributed by atoms with Crippen LogP contribution in [0.3, 0.4) is 0 Å². The van der Waals surface area contributed by atoms with Crippen molar-refractivity contribution in [2.45, 2.75) is 121 Å². The third-order valence-electron chi connectivity index (χ3n) is 15.7. The summed E-state index contributed by atoms with van der Waals surface area (Å²) in [6.45, 7) is 4.16. The van der Waals surface area contributed by atoms with E-state index in [2.05, 4.69) is 41.8 Å². The van der Waals surface area contributed by atoms with Crippen LogP contribution in [0.4, 0.5) is 50.5 Å².